The Labute approximate surface area is 137 Å². The van der Waals surface area contributed by atoms with Crippen LogP contribution in [0.1, 0.15) is 56.7 Å². The van der Waals surface area contributed by atoms with Crippen LogP contribution >= 0.6 is 0 Å². The smallest absolute Gasteiger partial charge is 0.315 e. The fourth-order valence-corrected chi connectivity index (χ4v) is 5.45. The van der Waals surface area contributed by atoms with Crippen LogP contribution in [0.3, 0.4) is 0 Å². The second kappa shape index (κ2) is 5.80. The fraction of sp³-hybridized carbons (Fsp3) is 0.824. The minimum atomic E-state index is -0.182. The normalized spacial score (nSPS) is 36.0. The molecule has 4 fully saturated rings. The Bertz CT molecular complexity index is 555. The van der Waals surface area contributed by atoms with Gasteiger partial charge in [-0.05, 0) is 75.5 Å². The molecule has 0 spiro atoms. The van der Waals surface area contributed by atoms with Crippen LogP contribution in [0, 0.1) is 36.5 Å². The zero-order valence-electron chi connectivity index (χ0n) is 14.0. The van der Waals surface area contributed by atoms with Crippen molar-refractivity contribution in [2.24, 2.45) is 29.6 Å². The first-order chi connectivity index (χ1) is 11.1. The number of amides is 2. The van der Waals surface area contributed by atoms with Crippen LogP contribution in [0.15, 0.2) is 0 Å². The van der Waals surface area contributed by atoms with Crippen molar-refractivity contribution >= 4 is 6.03 Å². The van der Waals surface area contributed by atoms with E-state index in [-0.39, 0.29) is 12.1 Å². The first-order valence-electron chi connectivity index (χ1n) is 9.01. The second-order valence-electron chi connectivity index (χ2n) is 7.95. The molecule has 4 aliphatic rings. The minimum Gasteiger partial charge on any atom is -0.338 e. The zero-order valence-corrected chi connectivity index (χ0v) is 14.0. The van der Waals surface area contributed by atoms with E-state index in [1.54, 1.807) is 0 Å². The lowest BCUT2D eigenvalue weighted by molar-refractivity contribution is -0.0343. The van der Waals surface area contributed by atoms with Gasteiger partial charge in [-0.15, -0.1) is 0 Å². The molecule has 5 rings (SSSR count). The van der Waals surface area contributed by atoms with E-state index in [1.165, 1.54) is 32.1 Å². The number of rotatable bonds is 4. The highest BCUT2D eigenvalue weighted by molar-refractivity contribution is 5.74. The number of aromatic nitrogens is 3. The highest BCUT2D eigenvalue weighted by atomic mass is 16.2. The van der Waals surface area contributed by atoms with Crippen LogP contribution in [0.4, 0.5) is 4.79 Å². The molecule has 0 radical (unpaired) electrons. The van der Waals surface area contributed by atoms with E-state index in [1.807, 2.05) is 13.8 Å². The first kappa shape index (κ1) is 15.0. The number of aromatic amines is 1. The van der Waals surface area contributed by atoms with Gasteiger partial charge in [-0.3, -0.25) is 5.10 Å². The van der Waals surface area contributed by atoms with Gasteiger partial charge in [0.05, 0.1) is 6.04 Å². The molecule has 1 atom stereocenters. The van der Waals surface area contributed by atoms with E-state index in [9.17, 15) is 4.79 Å². The third-order valence-corrected chi connectivity index (χ3v) is 6.27. The van der Waals surface area contributed by atoms with E-state index in [4.69, 9.17) is 0 Å². The predicted octanol–water partition coefficient (Wildman–Crippen LogP) is 2.55. The molecule has 0 aromatic carbocycles. The maximum atomic E-state index is 12.2. The van der Waals surface area contributed by atoms with Gasteiger partial charge in [-0.1, -0.05) is 0 Å². The highest BCUT2D eigenvalue weighted by Crippen LogP contribution is 2.56. The van der Waals surface area contributed by atoms with Gasteiger partial charge in [0.1, 0.15) is 5.82 Å². The molecule has 4 aliphatic carbocycles. The van der Waals surface area contributed by atoms with Gasteiger partial charge in [0, 0.05) is 6.54 Å². The van der Waals surface area contributed by atoms with Gasteiger partial charge in [0.2, 0.25) is 0 Å². The maximum absolute atomic E-state index is 12.2. The third-order valence-electron chi connectivity index (χ3n) is 6.27. The van der Waals surface area contributed by atoms with E-state index >= 15 is 0 Å². The van der Waals surface area contributed by atoms with Crippen molar-refractivity contribution in [1.29, 1.82) is 0 Å². The number of hydrogen-bond donors (Lipinski definition) is 3. The monoisotopic (exact) mass is 317 g/mol. The molecule has 1 unspecified atom stereocenters. The molecule has 1 aromatic rings. The van der Waals surface area contributed by atoms with Gasteiger partial charge >= 0.3 is 6.03 Å². The number of nitrogens with one attached hydrogen (secondary N) is 3. The van der Waals surface area contributed by atoms with Crippen molar-refractivity contribution < 1.29 is 4.79 Å². The Balaban J connectivity index is 1.28. The van der Waals surface area contributed by atoms with Crippen molar-refractivity contribution in [2.45, 2.75) is 52.0 Å². The number of urea groups is 1. The fourth-order valence-electron chi connectivity index (χ4n) is 5.45. The molecule has 6 nitrogen and oxygen atoms in total. The number of H-pyrrole nitrogens is 1. The molecule has 1 aromatic heterocycles. The van der Waals surface area contributed by atoms with Crippen molar-refractivity contribution in [2.75, 3.05) is 6.54 Å². The number of carbonyl (C=O) groups is 1. The summed E-state index contributed by atoms with van der Waals surface area (Å²) in [7, 11) is 0. The molecule has 3 N–H and O–H groups in total. The topological polar surface area (TPSA) is 82.7 Å². The van der Waals surface area contributed by atoms with E-state index in [2.05, 4.69) is 25.8 Å². The van der Waals surface area contributed by atoms with Crippen LogP contribution in [-0.2, 0) is 0 Å². The van der Waals surface area contributed by atoms with Crippen LogP contribution in [-0.4, -0.2) is 27.8 Å². The van der Waals surface area contributed by atoms with E-state index < -0.39 is 0 Å². The van der Waals surface area contributed by atoms with Crippen molar-refractivity contribution in [3.8, 4) is 0 Å². The SMILES string of the molecule is Cc1nc(C(C)NC(=O)NCC2C3CC4CC(C3)CC2C4)n[nH]1. The van der Waals surface area contributed by atoms with E-state index in [0.717, 1.165) is 36.0 Å². The summed E-state index contributed by atoms with van der Waals surface area (Å²) in [5.41, 5.74) is 0. The summed E-state index contributed by atoms with van der Waals surface area (Å²) in [5.74, 6) is 5.75. The molecule has 2 amide bonds. The maximum Gasteiger partial charge on any atom is 0.315 e. The lowest BCUT2D eigenvalue weighted by Crippen LogP contribution is -2.50. The zero-order chi connectivity index (χ0) is 16.0. The molecule has 6 heteroatoms. The Kier molecular flexibility index (Phi) is 3.77. The largest absolute Gasteiger partial charge is 0.338 e. The lowest BCUT2D eigenvalue weighted by atomic mass is 9.52. The Morgan fingerprint density at radius 3 is 2.43 bits per heavy atom. The molecule has 4 bridgehead atoms. The summed E-state index contributed by atoms with van der Waals surface area (Å²) in [6.07, 6.45) is 7.06. The summed E-state index contributed by atoms with van der Waals surface area (Å²) < 4.78 is 0. The molecule has 4 saturated carbocycles. The average Bonchev–Trinajstić information content (AvgIpc) is 2.92. The molecule has 23 heavy (non-hydrogen) atoms. The molecule has 1 heterocycles. The van der Waals surface area contributed by atoms with Gasteiger partial charge in [0.25, 0.3) is 0 Å². The van der Waals surface area contributed by atoms with Gasteiger partial charge < -0.3 is 10.6 Å². The third kappa shape index (κ3) is 2.95. The molecule has 126 valence electrons. The summed E-state index contributed by atoms with van der Waals surface area (Å²) >= 11 is 0. The molecular weight excluding hydrogens is 290 g/mol. The quantitative estimate of drug-likeness (QED) is 0.798. The number of carbonyl (C=O) groups excluding carboxylic acids is 1. The van der Waals surface area contributed by atoms with Gasteiger partial charge in [-0.25, -0.2) is 9.78 Å². The van der Waals surface area contributed by atoms with Gasteiger partial charge in [0.15, 0.2) is 5.82 Å². The standard InChI is InChI=1S/C17H27N5O/c1-9(16-20-10(2)21-22-16)19-17(23)18-8-15-13-4-11-3-12(6-13)7-14(15)5-11/h9,11-15H,3-8H2,1-2H3,(H2,18,19,23)(H,20,21,22). The van der Waals surface area contributed by atoms with Gasteiger partial charge in [-0.2, -0.15) is 5.10 Å². The van der Waals surface area contributed by atoms with Crippen molar-refractivity contribution in [3.05, 3.63) is 11.6 Å². The first-order valence-corrected chi connectivity index (χ1v) is 9.01. The highest BCUT2D eigenvalue weighted by Gasteiger charge is 2.47. The van der Waals surface area contributed by atoms with Crippen LogP contribution in [0.2, 0.25) is 0 Å². The molecular formula is C17H27N5O. The summed E-state index contributed by atoms with van der Waals surface area (Å²) in [6, 6.07) is -0.285. The second-order valence-corrected chi connectivity index (χ2v) is 7.95. The number of aryl methyl sites for hydroxylation is 1. The Morgan fingerprint density at radius 1 is 1.22 bits per heavy atom. The predicted molar refractivity (Wildman–Crippen MR) is 86.6 cm³/mol. The van der Waals surface area contributed by atoms with Crippen LogP contribution in [0.25, 0.3) is 0 Å². The van der Waals surface area contributed by atoms with Crippen molar-refractivity contribution in [3.63, 3.8) is 0 Å². The summed E-state index contributed by atoms with van der Waals surface area (Å²) in [4.78, 5) is 16.4. The van der Waals surface area contributed by atoms with Crippen LogP contribution < -0.4 is 10.6 Å². The lowest BCUT2D eigenvalue weighted by Gasteiger charge is -2.54. The van der Waals surface area contributed by atoms with Crippen LogP contribution in [0.5, 0.6) is 0 Å². The molecule has 0 aliphatic heterocycles. The van der Waals surface area contributed by atoms with E-state index in [0.29, 0.717) is 11.7 Å². The summed E-state index contributed by atoms with van der Waals surface area (Å²) in [5, 5.41) is 12.9. The number of hydrogen-bond acceptors (Lipinski definition) is 3. The average molecular weight is 317 g/mol. The minimum absolute atomic E-state index is 0.103. The molecule has 0 saturated heterocycles. The Hall–Kier alpha value is -1.59. The Morgan fingerprint density at radius 2 is 1.87 bits per heavy atom. The summed E-state index contributed by atoms with van der Waals surface area (Å²) in [6.45, 7) is 4.58. The number of nitrogens with zero attached hydrogens (tertiary/aromatic N) is 2. The van der Waals surface area contributed by atoms with Crippen molar-refractivity contribution in [1.82, 2.24) is 25.8 Å².